The van der Waals surface area contributed by atoms with Crippen LogP contribution in [0.5, 0.6) is 11.5 Å². The average Bonchev–Trinajstić information content (AvgIpc) is 2.51. The van der Waals surface area contributed by atoms with E-state index >= 15 is 0 Å². The highest BCUT2D eigenvalue weighted by Crippen LogP contribution is 2.16. The molecular formula is C17H18N2O3. The summed E-state index contributed by atoms with van der Waals surface area (Å²) in [4.78, 5) is 11.7. The predicted octanol–water partition coefficient (Wildman–Crippen LogP) is 2.62. The van der Waals surface area contributed by atoms with Gasteiger partial charge in [-0.15, -0.1) is 0 Å². The molecule has 114 valence electrons. The number of hydrogen-bond donors (Lipinski definition) is 2. The van der Waals surface area contributed by atoms with Gasteiger partial charge in [0.1, 0.15) is 11.5 Å². The Bertz CT molecular complexity index is 696. The molecule has 2 aromatic carbocycles. The van der Waals surface area contributed by atoms with Crippen LogP contribution in [-0.4, -0.2) is 23.3 Å². The summed E-state index contributed by atoms with van der Waals surface area (Å²) in [5.41, 5.74) is 4.55. The topological polar surface area (TPSA) is 70.9 Å². The zero-order chi connectivity index (χ0) is 15.9. The SMILES string of the molecule is C/C(=N/NC(=O)COc1cccc(C)c1)c1ccccc1O. The summed E-state index contributed by atoms with van der Waals surface area (Å²) in [6.45, 7) is 3.53. The van der Waals surface area contributed by atoms with Crippen molar-refractivity contribution in [2.24, 2.45) is 5.10 Å². The molecule has 0 atom stereocenters. The van der Waals surface area contributed by atoms with Crippen LogP contribution in [0.1, 0.15) is 18.1 Å². The first kappa shape index (κ1) is 15.6. The molecule has 2 aromatic rings. The van der Waals surface area contributed by atoms with Crippen LogP contribution in [0, 0.1) is 6.92 Å². The zero-order valence-corrected chi connectivity index (χ0v) is 12.5. The van der Waals surface area contributed by atoms with Crippen molar-refractivity contribution in [3.05, 3.63) is 59.7 Å². The standard InChI is InChI=1S/C17H18N2O3/c1-12-6-5-7-14(10-12)22-11-17(21)19-18-13(2)15-8-3-4-9-16(15)20/h3-10,20H,11H2,1-2H3,(H,19,21)/b18-13-. The van der Waals surface area contributed by atoms with Crippen molar-refractivity contribution in [3.8, 4) is 11.5 Å². The van der Waals surface area contributed by atoms with Crippen molar-refractivity contribution in [1.82, 2.24) is 5.43 Å². The minimum Gasteiger partial charge on any atom is -0.507 e. The summed E-state index contributed by atoms with van der Waals surface area (Å²) in [5.74, 6) is 0.391. The molecule has 0 unspecified atom stereocenters. The van der Waals surface area contributed by atoms with Gasteiger partial charge in [-0.05, 0) is 43.7 Å². The lowest BCUT2D eigenvalue weighted by Gasteiger charge is -2.07. The Labute approximate surface area is 129 Å². The number of nitrogens with zero attached hydrogens (tertiary/aromatic N) is 1. The van der Waals surface area contributed by atoms with Crippen molar-refractivity contribution in [3.63, 3.8) is 0 Å². The minimum atomic E-state index is -0.365. The number of hydrogen-bond acceptors (Lipinski definition) is 4. The third kappa shape index (κ3) is 4.34. The van der Waals surface area contributed by atoms with Crippen LogP contribution in [0.15, 0.2) is 53.6 Å². The molecule has 0 saturated carbocycles. The molecule has 0 aromatic heterocycles. The van der Waals surface area contributed by atoms with Gasteiger partial charge in [0, 0.05) is 5.56 Å². The minimum absolute atomic E-state index is 0.119. The first-order valence-electron chi connectivity index (χ1n) is 6.87. The number of aryl methyl sites for hydroxylation is 1. The molecule has 0 saturated heterocycles. The number of phenols is 1. The average molecular weight is 298 g/mol. The van der Waals surface area contributed by atoms with Gasteiger partial charge in [0.2, 0.25) is 0 Å². The van der Waals surface area contributed by atoms with Crippen LogP contribution < -0.4 is 10.2 Å². The maximum atomic E-state index is 11.7. The Morgan fingerprint density at radius 1 is 1.23 bits per heavy atom. The Kier molecular flexibility index (Phi) is 5.14. The number of amides is 1. The van der Waals surface area contributed by atoms with Gasteiger partial charge in [0.05, 0.1) is 5.71 Å². The number of para-hydroxylation sites is 1. The summed E-state index contributed by atoms with van der Waals surface area (Å²) < 4.78 is 5.38. The summed E-state index contributed by atoms with van der Waals surface area (Å²) in [5, 5.41) is 13.7. The number of nitrogens with one attached hydrogen (secondary N) is 1. The summed E-state index contributed by atoms with van der Waals surface area (Å²) in [7, 11) is 0. The number of rotatable bonds is 5. The first-order chi connectivity index (χ1) is 10.6. The molecule has 2 N–H and O–H groups in total. The third-order valence-corrected chi connectivity index (χ3v) is 3.00. The molecule has 0 aliphatic carbocycles. The maximum Gasteiger partial charge on any atom is 0.277 e. The van der Waals surface area contributed by atoms with Crippen molar-refractivity contribution >= 4 is 11.6 Å². The van der Waals surface area contributed by atoms with E-state index in [9.17, 15) is 9.90 Å². The van der Waals surface area contributed by atoms with Crippen molar-refractivity contribution in [2.75, 3.05) is 6.61 Å². The first-order valence-corrected chi connectivity index (χ1v) is 6.87. The van der Waals surface area contributed by atoms with Gasteiger partial charge in [0.15, 0.2) is 6.61 Å². The van der Waals surface area contributed by atoms with Gasteiger partial charge < -0.3 is 9.84 Å². The fraction of sp³-hybridized carbons (Fsp3) is 0.176. The van der Waals surface area contributed by atoms with Gasteiger partial charge in [-0.1, -0.05) is 24.3 Å². The highest BCUT2D eigenvalue weighted by Gasteiger charge is 2.05. The van der Waals surface area contributed by atoms with Gasteiger partial charge in [-0.2, -0.15) is 5.10 Å². The van der Waals surface area contributed by atoms with E-state index in [1.54, 1.807) is 37.3 Å². The van der Waals surface area contributed by atoms with E-state index in [4.69, 9.17) is 4.74 Å². The molecule has 0 bridgehead atoms. The maximum absolute atomic E-state index is 11.7. The third-order valence-electron chi connectivity index (χ3n) is 3.00. The van der Waals surface area contributed by atoms with Crippen LogP contribution in [-0.2, 0) is 4.79 Å². The quantitative estimate of drug-likeness (QED) is 0.658. The molecule has 1 amide bonds. The summed E-state index contributed by atoms with van der Waals surface area (Å²) >= 11 is 0. The molecule has 22 heavy (non-hydrogen) atoms. The lowest BCUT2D eigenvalue weighted by atomic mass is 10.1. The van der Waals surface area contributed by atoms with Crippen LogP contribution in [0.3, 0.4) is 0 Å². The van der Waals surface area contributed by atoms with Gasteiger partial charge >= 0.3 is 0 Å². The number of carbonyl (C=O) groups is 1. The Balaban J connectivity index is 1.90. The van der Waals surface area contributed by atoms with E-state index in [0.29, 0.717) is 17.0 Å². The fourth-order valence-electron chi connectivity index (χ4n) is 1.87. The molecule has 0 heterocycles. The van der Waals surface area contributed by atoms with Crippen molar-refractivity contribution in [2.45, 2.75) is 13.8 Å². The van der Waals surface area contributed by atoms with E-state index in [2.05, 4.69) is 10.5 Å². The molecular weight excluding hydrogens is 280 g/mol. The van der Waals surface area contributed by atoms with Crippen LogP contribution in [0.25, 0.3) is 0 Å². The Morgan fingerprint density at radius 3 is 2.73 bits per heavy atom. The molecule has 0 aliphatic heterocycles. The monoisotopic (exact) mass is 298 g/mol. The number of ether oxygens (including phenoxy) is 1. The number of hydrazone groups is 1. The largest absolute Gasteiger partial charge is 0.507 e. The van der Waals surface area contributed by atoms with Crippen molar-refractivity contribution < 1.29 is 14.6 Å². The van der Waals surface area contributed by atoms with Gasteiger partial charge in [-0.3, -0.25) is 4.79 Å². The summed E-state index contributed by atoms with van der Waals surface area (Å²) in [6, 6.07) is 14.3. The van der Waals surface area contributed by atoms with Crippen LogP contribution in [0.2, 0.25) is 0 Å². The van der Waals surface area contributed by atoms with Gasteiger partial charge in [0.25, 0.3) is 5.91 Å². The van der Waals surface area contributed by atoms with E-state index in [-0.39, 0.29) is 18.3 Å². The molecule has 0 fully saturated rings. The van der Waals surface area contributed by atoms with Crippen LogP contribution in [0.4, 0.5) is 0 Å². The highest BCUT2D eigenvalue weighted by atomic mass is 16.5. The normalized spacial score (nSPS) is 11.1. The van der Waals surface area contributed by atoms with Gasteiger partial charge in [-0.25, -0.2) is 5.43 Å². The highest BCUT2D eigenvalue weighted by molar-refractivity contribution is 6.01. The van der Waals surface area contributed by atoms with Crippen molar-refractivity contribution in [1.29, 1.82) is 0 Å². The number of phenolic OH excluding ortho intramolecular Hbond substituents is 1. The number of aromatic hydroxyl groups is 1. The lowest BCUT2D eigenvalue weighted by molar-refractivity contribution is -0.123. The fourth-order valence-corrected chi connectivity index (χ4v) is 1.87. The molecule has 5 heteroatoms. The predicted molar refractivity (Wildman–Crippen MR) is 85.1 cm³/mol. The zero-order valence-electron chi connectivity index (χ0n) is 12.5. The number of carbonyl (C=O) groups excluding carboxylic acids is 1. The summed E-state index contributed by atoms with van der Waals surface area (Å²) in [6.07, 6.45) is 0. The Morgan fingerprint density at radius 2 is 2.00 bits per heavy atom. The Hall–Kier alpha value is -2.82. The molecule has 0 spiro atoms. The molecule has 0 aliphatic rings. The number of benzene rings is 2. The second-order valence-corrected chi connectivity index (χ2v) is 4.85. The lowest BCUT2D eigenvalue weighted by Crippen LogP contribution is -2.25. The van der Waals surface area contributed by atoms with E-state index in [0.717, 1.165) is 5.56 Å². The van der Waals surface area contributed by atoms with E-state index in [1.807, 2.05) is 25.1 Å². The van der Waals surface area contributed by atoms with E-state index < -0.39 is 0 Å². The molecule has 5 nitrogen and oxygen atoms in total. The van der Waals surface area contributed by atoms with Crippen LogP contribution >= 0.6 is 0 Å². The second kappa shape index (κ2) is 7.26. The molecule has 0 radical (unpaired) electrons. The molecule has 2 rings (SSSR count). The van der Waals surface area contributed by atoms with E-state index in [1.165, 1.54) is 0 Å². The second-order valence-electron chi connectivity index (χ2n) is 4.85. The smallest absolute Gasteiger partial charge is 0.277 e.